The maximum absolute atomic E-state index is 13.1. The summed E-state index contributed by atoms with van der Waals surface area (Å²) in [5, 5.41) is 10.8. The number of aliphatic hydroxyl groups excluding tert-OH is 1. The SMILES string of the molecule is Cc1ccc(S(=O)(=O)N2CCCC[C@@H]2[C@@H](O)c2ccccc2)cc1. The first-order valence-corrected chi connectivity index (χ1v) is 9.76. The van der Waals surface area contributed by atoms with Gasteiger partial charge in [0.2, 0.25) is 10.0 Å². The van der Waals surface area contributed by atoms with Crippen LogP contribution >= 0.6 is 0 Å². The van der Waals surface area contributed by atoms with Crippen LogP contribution in [-0.2, 0) is 10.0 Å². The van der Waals surface area contributed by atoms with Crippen molar-refractivity contribution >= 4 is 10.0 Å². The van der Waals surface area contributed by atoms with Crippen LogP contribution in [0.4, 0.5) is 0 Å². The van der Waals surface area contributed by atoms with Crippen molar-refractivity contribution in [1.29, 1.82) is 0 Å². The molecular weight excluding hydrogens is 322 g/mol. The highest BCUT2D eigenvalue weighted by Gasteiger charge is 2.37. The van der Waals surface area contributed by atoms with E-state index in [-0.39, 0.29) is 0 Å². The monoisotopic (exact) mass is 345 g/mol. The number of piperidine rings is 1. The van der Waals surface area contributed by atoms with E-state index >= 15 is 0 Å². The van der Waals surface area contributed by atoms with Crippen LogP contribution in [0, 0.1) is 6.92 Å². The molecular formula is C19H23NO3S. The van der Waals surface area contributed by atoms with Crippen LogP contribution in [0.5, 0.6) is 0 Å². The van der Waals surface area contributed by atoms with E-state index < -0.39 is 22.2 Å². The summed E-state index contributed by atoms with van der Waals surface area (Å²) in [5.74, 6) is 0. The Morgan fingerprint density at radius 2 is 1.71 bits per heavy atom. The number of nitrogens with zero attached hydrogens (tertiary/aromatic N) is 1. The van der Waals surface area contributed by atoms with Crippen LogP contribution in [0.15, 0.2) is 59.5 Å². The van der Waals surface area contributed by atoms with Crippen molar-refractivity contribution in [2.24, 2.45) is 0 Å². The normalized spacial score (nSPS) is 20.7. The van der Waals surface area contributed by atoms with E-state index in [0.29, 0.717) is 17.9 Å². The molecule has 128 valence electrons. The van der Waals surface area contributed by atoms with Crippen LogP contribution in [0.3, 0.4) is 0 Å². The van der Waals surface area contributed by atoms with E-state index in [9.17, 15) is 13.5 Å². The highest BCUT2D eigenvalue weighted by Crippen LogP contribution is 2.32. The second-order valence-corrected chi connectivity index (χ2v) is 8.24. The number of hydrogen-bond donors (Lipinski definition) is 1. The smallest absolute Gasteiger partial charge is 0.243 e. The molecule has 0 radical (unpaired) electrons. The number of aliphatic hydroxyl groups is 1. The molecule has 4 nitrogen and oxygen atoms in total. The number of benzene rings is 2. The summed E-state index contributed by atoms with van der Waals surface area (Å²) in [6.07, 6.45) is 1.60. The van der Waals surface area contributed by atoms with Gasteiger partial charge in [-0.15, -0.1) is 0 Å². The predicted molar refractivity (Wildman–Crippen MR) is 94.1 cm³/mol. The Morgan fingerprint density at radius 3 is 2.38 bits per heavy atom. The number of hydrogen-bond acceptors (Lipinski definition) is 3. The van der Waals surface area contributed by atoms with E-state index in [2.05, 4.69) is 0 Å². The molecule has 3 rings (SSSR count). The molecule has 0 aliphatic carbocycles. The number of aryl methyl sites for hydroxylation is 1. The lowest BCUT2D eigenvalue weighted by molar-refractivity contribution is 0.0691. The third-order valence-corrected chi connectivity index (χ3v) is 6.57. The third-order valence-electron chi connectivity index (χ3n) is 4.63. The summed E-state index contributed by atoms with van der Waals surface area (Å²) in [6, 6.07) is 15.8. The first kappa shape index (κ1) is 17.1. The maximum Gasteiger partial charge on any atom is 0.243 e. The molecule has 1 aliphatic rings. The fourth-order valence-electron chi connectivity index (χ4n) is 3.26. The van der Waals surface area contributed by atoms with Crippen LogP contribution in [0.2, 0.25) is 0 Å². The van der Waals surface area contributed by atoms with E-state index in [0.717, 1.165) is 24.0 Å². The molecule has 1 aliphatic heterocycles. The third kappa shape index (κ3) is 3.38. The van der Waals surface area contributed by atoms with Gasteiger partial charge in [0.25, 0.3) is 0 Å². The summed E-state index contributed by atoms with van der Waals surface area (Å²) in [5.41, 5.74) is 1.78. The molecule has 1 N–H and O–H groups in total. The van der Waals surface area contributed by atoms with Gasteiger partial charge in [-0.3, -0.25) is 0 Å². The lowest BCUT2D eigenvalue weighted by atomic mass is 9.95. The van der Waals surface area contributed by atoms with Gasteiger partial charge < -0.3 is 5.11 Å². The van der Waals surface area contributed by atoms with Gasteiger partial charge in [-0.05, 0) is 37.5 Å². The summed E-state index contributed by atoms with van der Waals surface area (Å²) in [7, 11) is -3.61. The predicted octanol–water partition coefficient (Wildman–Crippen LogP) is 3.27. The van der Waals surface area contributed by atoms with Gasteiger partial charge >= 0.3 is 0 Å². The molecule has 2 atom stereocenters. The molecule has 5 heteroatoms. The molecule has 0 spiro atoms. The van der Waals surface area contributed by atoms with Crippen LogP contribution in [0.25, 0.3) is 0 Å². The highest BCUT2D eigenvalue weighted by molar-refractivity contribution is 7.89. The summed E-state index contributed by atoms with van der Waals surface area (Å²) < 4.78 is 27.6. The van der Waals surface area contributed by atoms with Crippen molar-refractivity contribution in [3.63, 3.8) is 0 Å². The van der Waals surface area contributed by atoms with Gasteiger partial charge in [0, 0.05) is 6.54 Å². The summed E-state index contributed by atoms with van der Waals surface area (Å²) in [6.45, 7) is 2.38. The molecule has 0 aromatic heterocycles. The molecule has 0 amide bonds. The second kappa shape index (κ2) is 7.05. The zero-order chi connectivity index (χ0) is 17.2. The molecule has 0 unspecified atom stereocenters. The van der Waals surface area contributed by atoms with Gasteiger partial charge in [0.05, 0.1) is 17.0 Å². The number of sulfonamides is 1. The molecule has 1 fully saturated rings. The average Bonchev–Trinajstić information content (AvgIpc) is 2.62. The Bertz CT molecular complexity index is 772. The average molecular weight is 345 g/mol. The van der Waals surface area contributed by atoms with E-state index in [1.807, 2.05) is 37.3 Å². The Labute approximate surface area is 143 Å². The van der Waals surface area contributed by atoms with Gasteiger partial charge in [-0.2, -0.15) is 4.31 Å². The van der Waals surface area contributed by atoms with Crippen molar-refractivity contribution in [3.8, 4) is 0 Å². The lowest BCUT2D eigenvalue weighted by Crippen LogP contribution is -2.46. The van der Waals surface area contributed by atoms with Crippen molar-refractivity contribution in [2.45, 2.75) is 43.2 Å². The Balaban J connectivity index is 1.93. The van der Waals surface area contributed by atoms with Gasteiger partial charge in [-0.1, -0.05) is 54.4 Å². The first-order chi connectivity index (χ1) is 11.5. The van der Waals surface area contributed by atoms with Crippen LogP contribution < -0.4 is 0 Å². The second-order valence-electron chi connectivity index (χ2n) is 6.35. The fraction of sp³-hybridized carbons (Fsp3) is 0.368. The molecule has 24 heavy (non-hydrogen) atoms. The minimum Gasteiger partial charge on any atom is -0.387 e. The fourth-order valence-corrected chi connectivity index (χ4v) is 4.96. The Hall–Kier alpha value is -1.69. The standard InChI is InChI=1S/C19H23NO3S/c1-15-10-12-17(13-11-15)24(22,23)20-14-6-5-9-18(20)19(21)16-7-3-2-4-8-16/h2-4,7-8,10-13,18-19,21H,5-6,9,14H2,1H3/t18-,19+/m1/s1. The topological polar surface area (TPSA) is 57.6 Å². The van der Waals surface area contributed by atoms with Gasteiger partial charge in [0.15, 0.2) is 0 Å². The van der Waals surface area contributed by atoms with Crippen LogP contribution in [-0.4, -0.2) is 30.4 Å². The van der Waals surface area contributed by atoms with Crippen LogP contribution in [0.1, 0.15) is 36.5 Å². The zero-order valence-corrected chi connectivity index (χ0v) is 14.6. The molecule has 2 aromatic rings. The Morgan fingerprint density at radius 1 is 1.04 bits per heavy atom. The lowest BCUT2D eigenvalue weighted by Gasteiger charge is -2.37. The van der Waals surface area contributed by atoms with Crippen molar-refractivity contribution in [1.82, 2.24) is 4.31 Å². The van der Waals surface area contributed by atoms with Crippen molar-refractivity contribution in [3.05, 3.63) is 65.7 Å². The maximum atomic E-state index is 13.1. The van der Waals surface area contributed by atoms with Gasteiger partial charge in [0.1, 0.15) is 0 Å². The van der Waals surface area contributed by atoms with Crippen molar-refractivity contribution in [2.75, 3.05) is 6.54 Å². The molecule has 0 bridgehead atoms. The van der Waals surface area contributed by atoms with E-state index in [1.165, 1.54) is 4.31 Å². The van der Waals surface area contributed by atoms with E-state index in [4.69, 9.17) is 0 Å². The minimum absolute atomic E-state index is 0.292. The minimum atomic E-state index is -3.61. The molecule has 1 saturated heterocycles. The highest BCUT2D eigenvalue weighted by atomic mass is 32.2. The van der Waals surface area contributed by atoms with Gasteiger partial charge in [-0.25, -0.2) is 8.42 Å². The molecule has 0 saturated carbocycles. The molecule has 1 heterocycles. The zero-order valence-electron chi connectivity index (χ0n) is 13.8. The Kier molecular flexibility index (Phi) is 5.04. The summed E-state index contributed by atoms with van der Waals surface area (Å²) in [4.78, 5) is 0.292. The van der Waals surface area contributed by atoms with E-state index in [1.54, 1.807) is 24.3 Å². The number of rotatable bonds is 4. The first-order valence-electron chi connectivity index (χ1n) is 8.31. The molecule has 2 aromatic carbocycles. The quantitative estimate of drug-likeness (QED) is 0.925. The summed E-state index contributed by atoms with van der Waals surface area (Å²) >= 11 is 0. The van der Waals surface area contributed by atoms with Crippen molar-refractivity contribution < 1.29 is 13.5 Å². The largest absolute Gasteiger partial charge is 0.387 e.